The minimum atomic E-state index is -0.669. The van der Waals surface area contributed by atoms with Crippen molar-refractivity contribution in [2.45, 2.75) is 24.7 Å². The standard InChI is InChI=1S/C14H15F2N3OS/c1-2-3-10-7-13(19-18-10)17-14(20)8-21-12-5-4-9(15)6-11(12)16/h4-7H,2-3,8H2,1H3,(H2,17,18,19,20). The van der Waals surface area contributed by atoms with Gasteiger partial charge in [0.1, 0.15) is 11.6 Å². The minimum Gasteiger partial charge on any atom is -0.308 e. The number of nitrogens with zero attached hydrogens (tertiary/aromatic N) is 1. The predicted octanol–water partition coefficient (Wildman–Crippen LogP) is 3.37. The maximum absolute atomic E-state index is 13.4. The van der Waals surface area contributed by atoms with E-state index in [4.69, 9.17) is 0 Å². The van der Waals surface area contributed by atoms with Crippen LogP contribution in [0.1, 0.15) is 19.0 Å². The van der Waals surface area contributed by atoms with Gasteiger partial charge >= 0.3 is 0 Å². The fourth-order valence-corrected chi connectivity index (χ4v) is 2.46. The first kappa shape index (κ1) is 15.5. The van der Waals surface area contributed by atoms with Crippen LogP contribution in [0.15, 0.2) is 29.2 Å². The molecule has 0 aliphatic heterocycles. The molecule has 0 saturated heterocycles. The van der Waals surface area contributed by atoms with E-state index >= 15 is 0 Å². The second-order valence-corrected chi connectivity index (χ2v) is 5.46. The van der Waals surface area contributed by atoms with Gasteiger partial charge in [-0.05, 0) is 18.6 Å². The van der Waals surface area contributed by atoms with Crippen LogP contribution in [0.3, 0.4) is 0 Å². The van der Waals surface area contributed by atoms with Gasteiger partial charge in [-0.15, -0.1) is 11.8 Å². The molecule has 1 aromatic heterocycles. The van der Waals surface area contributed by atoms with Crippen LogP contribution < -0.4 is 5.32 Å². The largest absolute Gasteiger partial charge is 0.308 e. The lowest BCUT2D eigenvalue weighted by Crippen LogP contribution is -2.14. The first-order valence-corrected chi connectivity index (χ1v) is 7.49. The smallest absolute Gasteiger partial charge is 0.235 e. The molecule has 1 heterocycles. The summed E-state index contributed by atoms with van der Waals surface area (Å²) in [6, 6.07) is 5.04. The molecule has 0 aliphatic rings. The van der Waals surface area contributed by atoms with E-state index in [1.807, 2.05) is 6.92 Å². The Bertz CT molecular complexity index is 630. The number of H-pyrrole nitrogens is 1. The Morgan fingerprint density at radius 3 is 2.90 bits per heavy atom. The van der Waals surface area contributed by atoms with Crippen LogP contribution in [-0.4, -0.2) is 21.9 Å². The van der Waals surface area contributed by atoms with Gasteiger partial charge < -0.3 is 5.32 Å². The number of hydrogen-bond donors (Lipinski definition) is 2. The molecule has 0 unspecified atom stereocenters. The lowest BCUT2D eigenvalue weighted by atomic mass is 10.2. The number of carbonyl (C=O) groups is 1. The number of benzene rings is 1. The molecule has 0 spiro atoms. The van der Waals surface area contributed by atoms with Crippen molar-refractivity contribution in [2.75, 3.05) is 11.1 Å². The van der Waals surface area contributed by atoms with Gasteiger partial charge in [0, 0.05) is 22.7 Å². The topological polar surface area (TPSA) is 57.8 Å². The van der Waals surface area contributed by atoms with Crippen molar-refractivity contribution >= 4 is 23.5 Å². The lowest BCUT2D eigenvalue weighted by Gasteiger charge is -2.03. The molecule has 0 fully saturated rings. The number of amides is 1. The molecule has 0 aliphatic carbocycles. The van der Waals surface area contributed by atoms with E-state index < -0.39 is 11.6 Å². The summed E-state index contributed by atoms with van der Waals surface area (Å²) in [5.41, 5.74) is 0.949. The number of anilines is 1. The maximum atomic E-state index is 13.4. The summed E-state index contributed by atoms with van der Waals surface area (Å²) in [6.45, 7) is 2.05. The van der Waals surface area contributed by atoms with Crippen LogP contribution in [0, 0.1) is 11.6 Å². The summed E-state index contributed by atoms with van der Waals surface area (Å²) >= 11 is 1.01. The third-order valence-corrected chi connectivity index (χ3v) is 3.72. The van der Waals surface area contributed by atoms with E-state index in [0.29, 0.717) is 5.82 Å². The number of carbonyl (C=O) groups excluding carboxylic acids is 1. The van der Waals surface area contributed by atoms with Crippen LogP contribution in [0.5, 0.6) is 0 Å². The molecule has 0 atom stereocenters. The van der Waals surface area contributed by atoms with Gasteiger partial charge in [-0.1, -0.05) is 13.3 Å². The zero-order valence-electron chi connectivity index (χ0n) is 11.5. The van der Waals surface area contributed by atoms with E-state index in [9.17, 15) is 13.6 Å². The highest BCUT2D eigenvalue weighted by atomic mass is 32.2. The van der Waals surface area contributed by atoms with E-state index in [1.54, 1.807) is 6.07 Å². The molecular formula is C14H15F2N3OS. The van der Waals surface area contributed by atoms with Crippen LogP contribution in [0.25, 0.3) is 0 Å². The minimum absolute atomic E-state index is 0.0263. The highest BCUT2D eigenvalue weighted by molar-refractivity contribution is 8.00. The van der Waals surface area contributed by atoms with Gasteiger partial charge in [-0.2, -0.15) is 5.10 Å². The molecular weight excluding hydrogens is 296 g/mol. The number of rotatable bonds is 6. The summed E-state index contributed by atoms with van der Waals surface area (Å²) < 4.78 is 26.2. The van der Waals surface area contributed by atoms with Gasteiger partial charge in [0.05, 0.1) is 5.75 Å². The number of nitrogens with one attached hydrogen (secondary N) is 2. The SMILES string of the molecule is CCCc1cc(NC(=O)CSc2ccc(F)cc2F)n[nH]1. The Balaban J connectivity index is 1.86. The van der Waals surface area contributed by atoms with Crippen molar-refractivity contribution in [1.82, 2.24) is 10.2 Å². The molecule has 21 heavy (non-hydrogen) atoms. The molecule has 1 aromatic carbocycles. The Kier molecular flexibility index (Phi) is 5.32. The van der Waals surface area contributed by atoms with Crippen molar-refractivity contribution in [1.29, 1.82) is 0 Å². The number of aromatic amines is 1. The number of aromatic nitrogens is 2. The summed E-state index contributed by atoms with van der Waals surface area (Å²) in [4.78, 5) is 12.0. The van der Waals surface area contributed by atoms with Gasteiger partial charge in [-0.25, -0.2) is 8.78 Å². The molecule has 2 rings (SSSR count). The maximum Gasteiger partial charge on any atom is 0.235 e. The quantitative estimate of drug-likeness (QED) is 0.804. The zero-order valence-corrected chi connectivity index (χ0v) is 12.3. The first-order chi connectivity index (χ1) is 10.1. The molecule has 0 bridgehead atoms. The summed E-state index contributed by atoms with van der Waals surface area (Å²) in [5, 5.41) is 9.42. The summed E-state index contributed by atoms with van der Waals surface area (Å²) in [5.74, 6) is -1.13. The van der Waals surface area contributed by atoms with Crippen LogP contribution >= 0.6 is 11.8 Å². The van der Waals surface area contributed by atoms with E-state index in [-0.39, 0.29) is 16.6 Å². The highest BCUT2D eigenvalue weighted by Crippen LogP contribution is 2.22. The van der Waals surface area contributed by atoms with Gasteiger partial charge in [0.25, 0.3) is 0 Å². The molecule has 2 N–H and O–H groups in total. The second kappa shape index (κ2) is 7.21. The highest BCUT2D eigenvalue weighted by Gasteiger charge is 2.09. The Labute approximate surface area is 125 Å². The van der Waals surface area contributed by atoms with Crippen LogP contribution in [0.2, 0.25) is 0 Å². The average Bonchev–Trinajstić information content (AvgIpc) is 2.85. The summed E-state index contributed by atoms with van der Waals surface area (Å²) in [7, 11) is 0. The third kappa shape index (κ3) is 4.56. The van der Waals surface area contributed by atoms with Gasteiger partial charge in [0.2, 0.25) is 5.91 Å². The van der Waals surface area contributed by atoms with Crippen molar-refractivity contribution < 1.29 is 13.6 Å². The Morgan fingerprint density at radius 2 is 2.19 bits per heavy atom. The molecule has 4 nitrogen and oxygen atoms in total. The molecule has 2 aromatic rings. The van der Waals surface area contributed by atoms with Crippen LogP contribution in [-0.2, 0) is 11.2 Å². The normalized spacial score (nSPS) is 10.6. The van der Waals surface area contributed by atoms with Crippen molar-refractivity contribution in [3.63, 3.8) is 0 Å². The fourth-order valence-electron chi connectivity index (χ4n) is 1.74. The molecule has 1 amide bonds. The molecule has 0 radical (unpaired) electrons. The number of halogens is 2. The first-order valence-electron chi connectivity index (χ1n) is 6.50. The number of thioether (sulfide) groups is 1. The average molecular weight is 311 g/mol. The lowest BCUT2D eigenvalue weighted by molar-refractivity contribution is -0.113. The second-order valence-electron chi connectivity index (χ2n) is 4.44. The van der Waals surface area contributed by atoms with Crippen LogP contribution in [0.4, 0.5) is 14.6 Å². The van der Waals surface area contributed by atoms with E-state index in [1.165, 1.54) is 6.07 Å². The van der Waals surface area contributed by atoms with Crippen molar-refractivity contribution in [3.8, 4) is 0 Å². The van der Waals surface area contributed by atoms with Gasteiger partial charge in [0.15, 0.2) is 5.82 Å². The van der Waals surface area contributed by atoms with Gasteiger partial charge in [-0.3, -0.25) is 9.89 Å². The predicted molar refractivity (Wildman–Crippen MR) is 78.3 cm³/mol. The number of hydrogen-bond acceptors (Lipinski definition) is 3. The number of aryl methyl sites for hydroxylation is 1. The van der Waals surface area contributed by atoms with Crippen molar-refractivity contribution in [3.05, 3.63) is 41.6 Å². The Hall–Kier alpha value is -1.89. The molecule has 0 saturated carbocycles. The Morgan fingerprint density at radius 1 is 1.38 bits per heavy atom. The van der Waals surface area contributed by atoms with E-state index in [2.05, 4.69) is 15.5 Å². The fraction of sp³-hybridized carbons (Fsp3) is 0.286. The van der Waals surface area contributed by atoms with Crippen molar-refractivity contribution in [2.24, 2.45) is 0 Å². The summed E-state index contributed by atoms with van der Waals surface area (Å²) in [6.07, 6.45) is 1.84. The van der Waals surface area contributed by atoms with E-state index in [0.717, 1.165) is 42.4 Å². The monoisotopic (exact) mass is 311 g/mol. The molecule has 7 heteroatoms. The zero-order chi connectivity index (χ0) is 15.2. The molecule has 112 valence electrons. The third-order valence-electron chi connectivity index (χ3n) is 2.67.